The van der Waals surface area contributed by atoms with E-state index in [1.807, 2.05) is 0 Å². The van der Waals surface area contributed by atoms with E-state index in [0.717, 1.165) is 0 Å². The molecule has 90 valence electrons. The minimum Gasteiger partial charge on any atom is -0.481 e. The van der Waals surface area contributed by atoms with Crippen LogP contribution in [0.4, 0.5) is 4.79 Å². The Balaban J connectivity index is 2.24. The lowest BCUT2D eigenvalue weighted by atomic mass is 10.2. The number of carbonyl (C=O) groups excluding carboxylic acids is 2. The summed E-state index contributed by atoms with van der Waals surface area (Å²) in [6.07, 6.45) is -1.62. The second kappa shape index (κ2) is 5.31. The molecule has 0 bridgehead atoms. The summed E-state index contributed by atoms with van der Waals surface area (Å²) in [5.74, 6) is -2.01. The monoisotopic (exact) mass is 232 g/mol. The number of carbonyl (C=O) groups is 3. The average molecular weight is 232 g/mol. The van der Waals surface area contributed by atoms with Crippen molar-refractivity contribution in [2.75, 3.05) is 13.2 Å². The minimum atomic E-state index is -1.21. The smallest absolute Gasteiger partial charge is 0.407 e. The molecule has 0 aromatic rings. The first-order valence-electron chi connectivity index (χ1n) is 4.57. The van der Waals surface area contributed by atoms with Gasteiger partial charge < -0.3 is 25.6 Å². The summed E-state index contributed by atoms with van der Waals surface area (Å²) in [5, 5.41) is 10.8. The molecular formula is C8H12N2O6. The van der Waals surface area contributed by atoms with Crippen LogP contribution in [0, 0.1) is 0 Å². The fourth-order valence-electron chi connectivity index (χ4n) is 1.08. The van der Waals surface area contributed by atoms with Gasteiger partial charge in [0.1, 0.15) is 12.6 Å². The molecule has 8 nitrogen and oxygen atoms in total. The van der Waals surface area contributed by atoms with Crippen LogP contribution in [0.15, 0.2) is 0 Å². The summed E-state index contributed by atoms with van der Waals surface area (Å²) in [6, 6.07) is -1.21. The van der Waals surface area contributed by atoms with E-state index in [1.165, 1.54) is 0 Å². The quantitative estimate of drug-likeness (QED) is 0.489. The zero-order valence-corrected chi connectivity index (χ0v) is 8.34. The zero-order valence-electron chi connectivity index (χ0n) is 8.34. The Hall–Kier alpha value is -1.83. The molecule has 1 aliphatic heterocycles. The van der Waals surface area contributed by atoms with Gasteiger partial charge in [0.15, 0.2) is 6.10 Å². The number of alkyl carbamates (subject to hydrolysis) is 1. The molecule has 1 heterocycles. The summed E-state index contributed by atoms with van der Waals surface area (Å²) in [7, 11) is 0. The molecule has 0 spiro atoms. The van der Waals surface area contributed by atoms with Crippen LogP contribution in [0.25, 0.3) is 0 Å². The maximum atomic E-state index is 11.1. The van der Waals surface area contributed by atoms with Crippen molar-refractivity contribution in [1.82, 2.24) is 5.32 Å². The van der Waals surface area contributed by atoms with Crippen molar-refractivity contribution < 1.29 is 29.0 Å². The summed E-state index contributed by atoms with van der Waals surface area (Å²) in [5.41, 5.74) is 5.25. The Morgan fingerprint density at radius 3 is 2.88 bits per heavy atom. The van der Waals surface area contributed by atoms with Crippen LogP contribution >= 0.6 is 0 Å². The van der Waals surface area contributed by atoms with Gasteiger partial charge >= 0.3 is 18.0 Å². The fourth-order valence-corrected chi connectivity index (χ4v) is 1.08. The van der Waals surface area contributed by atoms with E-state index in [-0.39, 0.29) is 13.2 Å². The second-order valence-corrected chi connectivity index (χ2v) is 3.24. The summed E-state index contributed by atoms with van der Waals surface area (Å²) < 4.78 is 9.38. The number of carboxylic acid groups (broad SMARTS) is 1. The van der Waals surface area contributed by atoms with Crippen LogP contribution < -0.4 is 11.1 Å². The van der Waals surface area contributed by atoms with Gasteiger partial charge in [-0.25, -0.2) is 4.79 Å². The van der Waals surface area contributed by atoms with Crippen LogP contribution in [0.1, 0.15) is 6.42 Å². The molecule has 0 aliphatic carbocycles. The third-order valence-electron chi connectivity index (χ3n) is 1.86. The molecule has 1 amide bonds. The topological polar surface area (TPSA) is 128 Å². The molecule has 0 aromatic carbocycles. The van der Waals surface area contributed by atoms with E-state index in [0.29, 0.717) is 0 Å². The van der Waals surface area contributed by atoms with E-state index in [4.69, 9.17) is 15.6 Å². The van der Waals surface area contributed by atoms with Crippen molar-refractivity contribution in [3.8, 4) is 0 Å². The first kappa shape index (κ1) is 12.2. The van der Waals surface area contributed by atoms with Gasteiger partial charge in [0.2, 0.25) is 0 Å². The largest absolute Gasteiger partial charge is 0.481 e. The van der Waals surface area contributed by atoms with Crippen molar-refractivity contribution in [3.63, 3.8) is 0 Å². The number of hydrogen-bond acceptors (Lipinski definition) is 6. The van der Waals surface area contributed by atoms with Gasteiger partial charge in [0, 0.05) is 0 Å². The number of amides is 1. The predicted molar refractivity (Wildman–Crippen MR) is 49.5 cm³/mol. The molecule has 2 atom stereocenters. The normalized spacial score (nSPS) is 20.8. The van der Waals surface area contributed by atoms with Crippen LogP contribution in [0.3, 0.4) is 0 Å². The number of nitrogens with two attached hydrogens (primary N) is 1. The van der Waals surface area contributed by atoms with E-state index in [1.54, 1.807) is 0 Å². The summed E-state index contributed by atoms with van der Waals surface area (Å²) in [6.45, 7) is 0.116. The standard InChI is InChI=1S/C8H12N2O6/c9-5(1-6(11)12)7(13)15-3-4-2-10-8(14)16-4/h4-5H,1-3,9H2,(H,10,14)(H,11,12)/t4-,5+/m1/s1. The Kier molecular flexibility index (Phi) is 4.06. The Morgan fingerprint density at radius 2 is 2.38 bits per heavy atom. The van der Waals surface area contributed by atoms with Crippen LogP contribution in [-0.4, -0.2) is 48.4 Å². The number of esters is 1. The maximum Gasteiger partial charge on any atom is 0.407 e. The molecule has 0 aromatic heterocycles. The number of aliphatic carboxylic acids is 1. The Bertz CT molecular complexity index is 305. The lowest BCUT2D eigenvalue weighted by molar-refractivity contribution is -0.151. The van der Waals surface area contributed by atoms with Crippen molar-refractivity contribution in [3.05, 3.63) is 0 Å². The van der Waals surface area contributed by atoms with E-state index in [2.05, 4.69) is 10.1 Å². The van der Waals surface area contributed by atoms with Crippen LogP contribution in [0.2, 0.25) is 0 Å². The fraction of sp³-hybridized carbons (Fsp3) is 0.625. The van der Waals surface area contributed by atoms with Gasteiger partial charge in [-0.2, -0.15) is 0 Å². The van der Waals surface area contributed by atoms with E-state index < -0.39 is 36.6 Å². The van der Waals surface area contributed by atoms with Gasteiger partial charge in [-0.3, -0.25) is 9.59 Å². The van der Waals surface area contributed by atoms with Gasteiger partial charge in [-0.1, -0.05) is 0 Å². The molecule has 0 radical (unpaired) electrons. The van der Waals surface area contributed by atoms with Crippen molar-refractivity contribution in [2.24, 2.45) is 5.73 Å². The maximum absolute atomic E-state index is 11.1. The Labute approximate surface area is 90.7 Å². The molecular weight excluding hydrogens is 220 g/mol. The number of rotatable bonds is 5. The molecule has 0 saturated carbocycles. The van der Waals surface area contributed by atoms with Gasteiger partial charge in [0.05, 0.1) is 13.0 Å². The third kappa shape index (κ3) is 3.73. The van der Waals surface area contributed by atoms with Crippen molar-refractivity contribution in [2.45, 2.75) is 18.6 Å². The number of carboxylic acids is 1. The molecule has 16 heavy (non-hydrogen) atoms. The highest BCUT2D eigenvalue weighted by Crippen LogP contribution is 2.01. The molecule has 1 rings (SSSR count). The number of ether oxygens (including phenoxy) is 2. The molecule has 4 N–H and O–H groups in total. The molecule has 8 heteroatoms. The zero-order chi connectivity index (χ0) is 12.1. The first-order valence-corrected chi connectivity index (χ1v) is 4.57. The molecule has 1 saturated heterocycles. The number of nitrogens with one attached hydrogen (secondary N) is 1. The minimum absolute atomic E-state index is 0.134. The van der Waals surface area contributed by atoms with E-state index >= 15 is 0 Å². The first-order chi connectivity index (χ1) is 7.49. The summed E-state index contributed by atoms with van der Waals surface area (Å²) >= 11 is 0. The molecule has 1 fully saturated rings. The van der Waals surface area contributed by atoms with Crippen LogP contribution in [0.5, 0.6) is 0 Å². The third-order valence-corrected chi connectivity index (χ3v) is 1.86. The van der Waals surface area contributed by atoms with Crippen molar-refractivity contribution >= 4 is 18.0 Å². The van der Waals surface area contributed by atoms with Gasteiger partial charge in [-0.15, -0.1) is 0 Å². The lowest BCUT2D eigenvalue weighted by Gasteiger charge is -2.11. The summed E-state index contributed by atoms with van der Waals surface area (Å²) in [4.78, 5) is 32.0. The predicted octanol–water partition coefficient (Wildman–Crippen LogP) is -1.56. The molecule has 0 unspecified atom stereocenters. The highest BCUT2D eigenvalue weighted by Gasteiger charge is 2.25. The Morgan fingerprint density at radius 1 is 1.69 bits per heavy atom. The molecule has 1 aliphatic rings. The second-order valence-electron chi connectivity index (χ2n) is 3.24. The van der Waals surface area contributed by atoms with E-state index in [9.17, 15) is 14.4 Å². The van der Waals surface area contributed by atoms with Crippen LogP contribution in [-0.2, 0) is 19.1 Å². The number of hydrogen-bond donors (Lipinski definition) is 3. The number of cyclic esters (lactones) is 1. The highest BCUT2D eigenvalue weighted by molar-refractivity contribution is 5.81. The average Bonchev–Trinajstić information content (AvgIpc) is 2.59. The SMILES string of the molecule is N[C@@H](CC(=O)O)C(=O)OC[C@H]1CNC(=O)O1. The van der Waals surface area contributed by atoms with Crippen molar-refractivity contribution in [1.29, 1.82) is 0 Å². The lowest BCUT2D eigenvalue weighted by Crippen LogP contribution is -2.36. The van der Waals surface area contributed by atoms with Gasteiger partial charge in [0.25, 0.3) is 0 Å². The van der Waals surface area contributed by atoms with Gasteiger partial charge in [-0.05, 0) is 0 Å². The highest BCUT2D eigenvalue weighted by atomic mass is 16.6.